The quantitative estimate of drug-likeness (QED) is 0.724. The first-order valence-corrected chi connectivity index (χ1v) is 5.96. The molecule has 0 aromatic carbocycles. The second kappa shape index (κ2) is 4.24. The number of carboxylic acid groups (broad SMARTS) is 1. The van der Waals surface area contributed by atoms with Crippen molar-refractivity contribution in [3.63, 3.8) is 0 Å². The summed E-state index contributed by atoms with van der Waals surface area (Å²) in [6.45, 7) is 7.88. The van der Waals surface area contributed by atoms with Crippen LogP contribution in [0.3, 0.4) is 0 Å². The number of amides is 1. The zero-order valence-corrected chi connectivity index (χ0v) is 10.8. The number of hydrogen-bond acceptors (Lipinski definition) is 2. The Bertz CT molecular complexity index is 263. The average molecular weight is 228 g/mol. The molecule has 0 radical (unpaired) electrons. The molecule has 1 saturated carbocycles. The smallest absolute Gasteiger partial charge is 0.408 e. The zero-order chi connectivity index (χ0) is 12.6. The Morgan fingerprint density at radius 3 is 2.12 bits per heavy atom. The summed E-state index contributed by atoms with van der Waals surface area (Å²) in [4.78, 5) is 13.0. The largest absolute Gasteiger partial charge is 0.465 e. The molecule has 4 nitrogen and oxygen atoms in total. The van der Waals surface area contributed by atoms with Crippen LogP contribution in [0.1, 0.15) is 53.4 Å². The maximum absolute atomic E-state index is 11.4. The van der Waals surface area contributed by atoms with Crippen molar-refractivity contribution in [3.8, 4) is 0 Å². The van der Waals surface area contributed by atoms with E-state index in [2.05, 4.69) is 0 Å². The normalized spacial score (nSPS) is 31.2. The van der Waals surface area contributed by atoms with Gasteiger partial charge in [-0.3, -0.25) is 4.90 Å². The van der Waals surface area contributed by atoms with E-state index < -0.39 is 6.09 Å². The van der Waals surface area contributed by atoms with Crippen molar-refractivity contribution < 1.29 is 9.90 Å². The maximum Gasteiger partial charge on any atom is 0.408 e. The predicted octanol–water partition coefficient (Wildman–Crippen LogP) is 2.42. The lowest BCUT2D eigenvalue weighted by atomic mass is 9.78. The number of nitrogens with zero attached hydrogens (tertiary/aromatic N) is 1. The van der Waals surface area contributed by atoms with Crippen molar-refractivity contribution in [2.75, 3.05) is 0 Å². The van der Waals surface area contributed by atoms with Gasteiger partial charge in [-0.1, -0.05) is 0 Å². The van der Waals surface area contributed by atoms with Gasteiger partial charge in [0, 0.05) is 17.1 Å². The molecule has 0 unspecified atom stereocenters. The summed E-state index contributed by atoms with van der Waals surface area (Å²) in [7, 11) is 0. The minimum absolute atomic E-state index is 0.240. The van der Waals surface area contributed by atoms with Crippen LogP contribution in [-0.4, -0.2) is 33.2 Å². The Labute approximate surface area is 97.8 Å². The van der Waals surface area contributed by atoms with Crippen molar-refractivity contribution in [3.05, 3.63) is 0 Å². The average Bonchev–Trinajstić information content (AvgIpc) is 2.07. The van der Waals surface area contributed by atoms with Gasteiger partial charge in [0.1, 0.15) is 0 Å². The lowest BCUT2D eigenvalue weighted by molar-refractivity contribution is 0.00264. The fourth-order valence-corrected chi connectivity index (χ4v) is 2.81. The summed E-state index contributed by atoms with van der Waals surface area (Å²) in [5.74, 6) is 0. The van der Waals surface area contributed by atoms with Gasteiger partial charge in [-0.05, 0) is 53.4 Å². The van der Waals surface area contributed by atoms with Crippen LogP contribution in [0.4, 0.5) is 4.79 Å². The molecule has 4 heteroatoms. The van der Waals surface area contributed by atoms with Gasteiger partial charge in [-0.2, -0.15) is 0 Å². The fourth-order valence-electron chi connectivity index (χ4n) is 2.81. The third-order valence-corrected chi connectivity index (χ3v) is 3.51. The molecule has 1 amide bonds. The van der Waals surface area contributed by atoms with Gasteiger partial charge >= 0.3 is 6.09 Å². The lowest BCUT2D eigenvalue weighted by Gasteiger charge is -2.50. The number of rotatable bonds is 1. The first kappa shape index (κ1) is 13.3. The van der Waals surface area contributed by atoms with Crippen molar-refractivity contribution in [2.24, 2.45) is 5.73 Å². The van der Waals surface area contributed by atoms with Crippen LogP contribution in [0.25, 0.3) is 0 Å². The van der Waals surface area contributed by atoms with E-state index >= 15 is 0 Å². The zero-order valence-electron chi connectivity index (χ0n) is 10.8. The van der Waals surface area contributed by atoms with Gasteiger partial charge in [-0.25, -0.2) is 4.79 Å². The predicted molar refractivity (Wildman–Crippen MR) is 64.5 cm³/mol. The first-order chi connectivity index (χ1) is 7.17. The molecule has 0 heterocycles. The molecule has 1 aliphatic rings. The van der Waals surface area contributed by atoms with Crippen LogP contribution < -0.4 is 5.73 Å². The molecule has 1 aliphatic carbocycles. The highest BCUT2D eigenvalue weighted by Crippen LogP contribution is 2.37. The van der Waals surface area contributed by atoms with Crippen molar-refractivity contribution in [1.82, 2.24) is 4.90 Å². The van der Waals surface area contributed by atoms with Gasteiger partial charge in [0.2, 0.25) is 0 Å². The van der Waals surface area contributed by atoms with Crippen LogP contribution >= 0.6 is 0 Å². The molecule has 1 rings (SSSR count). The Hall–Kier alpha value is -0.770. The Kier molecular flexibility index (Phi) is 3.53. The number of nitrogens with two attached hydrogens (primary N) is 1. The third kappa shape index (κ3) is 2.67. The Morgan fingerprint density at radius 1 is 1.38 bits per heavy atom. The molecule has 0 bridgehead atoms. The van der Waals surface area contributed by atoms with E-state index in [1.165, 1.54) is 0 Å². The SMILES string of the molecule is CC(C)(C)N(C(=O)O)C1(C)CCC(N)CC1. The highest BCUT2D eigenvalue weighted by molar-refractivity contribution is 5.67. The first-order valence-electron chi connectivity index (χ1n) is 5.96. The third-order valence-electron chi connectivity index (χ3n) is 3.51. The molecule has 0 atom stereocenters. The lowest BCUT2D eigenvalue weighted by Crippen LogP contribution is -2.59. The van der Waals surface area contributed by atoms with Gasteiger partial charge in [-0.15, -0.1) is 0 Å². The summed E-state index contributed by atoms with van der Waals surface area (Å²) in [5.41, 5.74) is 5.25. The summed E-state index contributed by atoms with van der Waals surface area (Å²) in [5, 5.41) is 9.39. The maximum atomic E-state index is 11.4. The van der Waals surface area contributed by atoms with Crippen molar-refractivity contribution in [1.29, 1.82) is 0 Å². The van der Waals surface area contributed by atoms with Crippen LogP contribution in [-0.2, 0) is 0 Å². The molecule has 3 N–H and O–H groups in total. The molecular weight excluding hydrogens is 204 g/mol. The standard InChI is InChI=1S/C12H24N2O2/c1-11(2,3)14(10(15)16)12(4)7-5-9(13)6-8-12/h9H,5-8,13H2,1-4H3,(H,15,16). The number of carbonyl (C=O) groups is 1. The van der Waals surface area contributed by atoms with Crippen LogP contribution in [0.5, 0.6) is 0 Å². The molecule has 0 aromatic rings. The summed E-state index contributed by atoms with van der Waals surface area (Å²) in [6.07, 6.45) is 2.72. The minimum Gasteiger partial charge on any atom is -0.465 e. The molecule has 0 saturated heterocycles. The Morgan fingerprint density at radius 2 is 1.81 bits per heavy atom. The highest BCUT2D eigenvalue weighted by atomic mass is 16.4. The van der Waals surface area contributed by atoms with E-state index in [1.54, 1.807) is 4.90 Å². The van der Waals surface area contributed by atoms with E-state index in [0.717, 1.165) is 25.7 Å². The molecule has 16 heavy (non-hydrogen) atoms. The minimum atomic E-state index is -0.828. The van der Waals surface area contributed by atoms with Crippen LogP contribution in [0.2, 0.25) is 0 Å². The molecule has 94 valence electrons. The van der Waals surface area contributed by atoms with E-state index in [4.69, 9.17) is 5.73 Å². The van der Waals surface area contributed by atoms with E-state index in [9.17, 15) is 9.90 Å². The van der Waals surface area contributed by atoms with E-state index in [-0.39, 0.29) is 17.1 Å². The second-order valence-electron chi connectivity index (χ2n) is 6.12. The summed E-state index contributed by atoms with van der Waals surface area (Å²) < 4.78 is 0. The summed E-state index contributed by atoms with van der Waals surface area (Å²) in [6, 6.07) is 0.240. The van der Waals surface area contributed by atoms with Crippen molar-refractivity contribution >= 4 is 6.09 Å². The second-order valence-corrected chi connectivity index (χ2v) is 6.12. The van der Waals surface area contributed by atoms with Crippen LogP contribution in [0.15, 0.2) is 0 Å². The van der Waals surface area contributed by atoms with E-state index in [1.807, 2.05) is 27.7 Å². The topological polar surface area (TPSA) is 66.6 Å². The Balaban J connectivity index is 2.90. The highest BCUT2D eigenvalue weighted by Gasteiger charge is 2.43. The fraction of sp³-hybridized carbons (Fsp3) is 0.917. The molecule has 0 aromatic heterocycles. The van der Waals surface area contributed by atoms with Gasteiger partial charge in [0.25, 0.3) is 0 Å². The molecular formula is C12H24N2O2. The van der Waals surface area contributed by atoms with Gasteiger partial charge in [0.15, 0.2) is 0 Å². The molecule has 1 fully saturated rings. The van der Waals surface area contributed by atoms with Crippen LogP contribution in [0, 0.1) is 0 Å². The number of hydrogen-bond donors (Lipinski definition) is 2. The monoisotopic (exact) mass is 228 g/mol. The van der Waals surface area contributed by atoms with Gasteiger partial charge < -0.3 is 10.8 Å². The van der Waals surface area contributed by atoms with E-state index in [0.29, 0.717) is 0 Å². The molecule has 0 aliphatic heterocycles. The van der Waals surface area contributed by atoms with Gasteiger partial charge in [0.05, 0.1) is 0 Å². The summed E-state index contributed by atoms with van der Waals surface area (Å²) >= 11 is 0. The molecule has 0 spiro atoms. The van der Waals surface area contributed by atoms with Crippen molar-refractivity contribution in [2.45, 2.75) is 70.5 Å².